The first-order valence-corrected chi connectivity index (χ1v) is 11.2. The highest BCUT2D eigenvalue weighted by Gasteiger charge is 2.23. The fourth-order valence-corrected chi connectivity index (χ4v) is 3.89. The first-order valence-electron chi connectivity index (χ1n) is 11.2. The van der Waals surface area contributed by atoms with Crippen LogP contribution >= 0.6 is 0 Å². The third kappa shape index (κ3) is 10.6. The summed E-state index contributed by atoms with van der Waals surface area (Å²) < 4.78 is 0. The van der Waals surface area contributed by atoms with Crippen molar-refractivity contribution in [3.63, 3.8) is 0 Å². The van der Waals surface area contributed by atoms with Gasteiger partial charge in [-0.1, -0.05) is 33.1 Å². The van der Waals surface area contributed by atoms with E-state index >= 15 is 0 Å². The smallest absolute Gasteiger partial charge is 0.0898 e. The van der Waals surface area contributed by atoms with Crippen LogP contribution in [0.3, 0.4) is 0 Å². The number of hydrogen-bond acceptors (Lipinski definition) is 5. The molecule has 0 bridgehead atoms. The highest BCUT2D eigenvalue weighted by atomic mass is 15.1. The van der Waals surface area contributed by atoms with Gasteiger partial charge >= 0.3 is 0 Å². The Kier molecular flexibility index (Phi) is 13.9. The number of aliphatic imine (C=N–C) groups is 4. The van der Waals surface area contributed by atoms with Crippen molar-refractivity contribution in [2.75, 3.05) is 26.2 Å². The van der Waals surface area contributed by atoms with E-state index in [1.807, 2.05) is 13.8 Å². The van der Waals surface area contributed by atoms with E-state index in [-0.39, 0.29) is 0 Å². The maximum Gasteiger partial charge on any atom is 0.0898 e. The average molecular weight is 376 g/mol. The average Bonchev–Trinajstić information content (AvgIpc) is 2.72. The topological polar surface area (TPSA) is 52.7 Å². The second-order valence-electron chi connectivity index (χ2n) is 7.38. The summed E-state index contributed by atoms with van der Waals surface area (Å²) in [4.78, 5) is 19.2. The number of rotatable bonds is 7. The van der Waals surface area contributed by atoms with Crippen LogP contribution in [-0.2, 0) is 0 Å². The summed E-state index contributed by atoms with van der Waals surface area (Å²) in [5.41, 5.74) is 0. The highest BCUT2D eigenvalue weighted by molar-refractivity contribution is 5.42. The summed E-state index contributed by atoms with van der Waals surface area (Å²) in [6, 6.07) is 7.35. The Labute approximate surface area is 167 Å². The van der Waals surface area contributed by atoms with Gasteiger partial charge in [-0.25, -0.2) is 20.0 Å². The van der Waals surface area contributed by atoms with E-state index in [4.69, 9.17) is 0 Å². The Hall–Kier alpha value is -1.28. The molecule has 2 saturated carbocycles. The summed E-state index contributed by atoms with van der Waals surface area (Å²) in [6.45, 7) is 12.4. The van der Waals surface area contributed by atoms with Crippen LogP contribution in [0, 0.1) is 0 Å². The van der Waals surface area contributed by atoms with E-state index in [1.54, 1.807) is 0 Å². The Bertz CT molecular complexity index is 463. The van der Waals surface area contributed by atoms with Gasteiger partial charge in [0.25, 0.3) is 0 Å². The van der Waals surface area contributed by atoms with Gasteiger partial charge in [0.05, 0.1) is 24.1 Å². The lowest BCUT2D eigenvalue weighted by molar-refractivity contribution is 0.165. The van der Waals surface area contributed by atoms with Crippen molar-refractivity contribution < 1.29 is 0 Å². The Morgan fingerprint density at radius 1 is 0.667 bits per heavy atom. The first-order chi connectivity index (χ1) is 13.2. The minimum Gasteiger partial charge on any atom is -0.301 e. The van der Waals surface area contributed by atoms with E-state index < -0.39 is 0 Å². The monoisotopic (exact) mass is 375 g/mol. The zero-order valence-electron chi connectivity index (χ0n) is 18.2. The fourth-order valence-electron chi connectivity index (χ4n) is 3.89. The zero-order chi connectivity index (χ0) is 19.7. The molecule has 5 heteroatoms. The molecule has 0 aliphatic heterocycles. The standard InChI is InChI=1S/C17H31N3.C5H10N2/c1-3-20(4-2)17-12-10-16(11-13-17)19-14-18-15-8-6-5-7-9-15;1-3-6-5-7-4-2/h15-17H,3-13H2,1-2H3;3-4H2,1-2H3. The van der Waals surface area contributed by atoms with Crippen molar-refractivity contribution in [2.24, 2.45) is 20.0 Å². The van der Waals surface area contributed by atoms with Crippen molar-refractivity contribution in [1.29, 1.82) is 0 Å². The number of hydrogen-bond donors (Lipinski definition) is 0. The van der Waals surface area contributed by atoms with Crippen LogP contribution in [0.1, 0.15) is 85.5 Å². The predicted octanol–water partition coefficient (Wildman–Crippen LogP) is 5.35. The summed E-state index contributed by atoms with van der Waals surface area (Å²) in [7, 11) is 0. The minimum absolute atomic E-state index is 0.481. The molecule has 0 spiro atoms. The molecular formula is C22H41N5. The van der Waals surface area contributed by atoms with Gasteiger partial charge < -0.3 is 4.90 Å². The normalized spacial score (nSPS) is 22.7. The Morgan fingerprint density at radius 2 is 1.19 bits per heavy atom. The molecule has 2 aliphatic rings. The van der Waals surface area contributed by atoms with Gasteiger partial charge in [0, 0.05) is 19.1 Å². The lowest BCUT2D eigenvalue weighted by Gasteiger charge is -2.34. The largest absolute Gasteiger partial charge is 0.301 e. The third-order valence-corrected chi connectivity index (χ3v) is 5.51. The van der Waals surface area contributed by atoms with Gasteiger partial charge in [0.15, 0.2) is 0 Å². The molecule has 0 aromatic heterocycles. The highest BCUT2D eigenvalue weighted by Crippen LogP contribution is 2.25. The molecule has 2 rings (SSSR count). The molecule has 0 atom stereocenters. The van der Waals surface area contributed by atoms with Crippen molar-refractivity contribution in [1.82, 2.24) is 4.90 Å². The molecule has 0 aromatic carbocycles. The van der Waals surface area contributed by atoms with Gasteiger partial charge in [-0.3, -0.25) is 0 Å². The van der Waals surface area contributed by atoms with E-state index in [0.29, 0.717) is 12.1 Å². The van der Waals surface area contributed by atoms with Crippen LogP contribution in [0.4, 0.5) is 0 Å². The number of nitrogens with zero attached hydrogens (tertiary/aromatic N) is 5. The van der Waals surface area contributed by atoms with Crippen LogP contribution in [0.2, 0.25) is 0 Å². The van der Waals surface area contributed by atoms with Gasteiger partial charge in [-0.2, -0.15) is 0 Å². The second kappa shape index (κ2) is 15.7. The quantitative estimate of drug-likeness (QED) is 0.554. The van der Waals surface area contributed by atoms with Crippen molar-refractivity contribution in [3.8, 4) is 0 Å². The van der Waals surface area contributed by atoms with Crippen LogP contribution in [0.25, 0.3) is 0 Å². The molecular weight excluding hydrogens is 334 g/mol. The Balaban J connectivity index is 0.000000445. The maximum absolute atomic E-state index is 4.59. The van der Waals surface area contributed by atoms with E-state index in [2.05, 4.69) is 50.7 Å². The zero-order valence-corrected chi connectivity index (χ0v) is 18.2. The Morgan fingerprint density at radius 3 is 1.67 bits per heavy atom. The van der Waals surface area contributed by atoms with Crippen LogP contribution in [0.15, 0.2) is 20.0 Å². The molecule has 5 nitrogen and oxygen atoms in total. The molecule has 0 unspecified atom stereocenters. The van der Waals surface area contributed by atoms with E-state index in [0.717, 1.165) is 19.1 Å². The maximum atomic E-state index is 4.59. The van der Waals surface area contributed by atoms with Crippen molar-refractivity contribution >= 4 is 12.0 Å². The minimum atomic E-state index is 0.481. The molecule has 27 heavy (non-hydrogen) atoms. The first kappa shape index (κ1) is 23.8. The predicted molar refractivity (Wildman–Crippen MR) is 117 cm³/mol. The SMILES string of the molecule is CCN(CC)C1CCC(N=C=NC2CCCCC2)CC1.CCN=C=NCC. The lowest BCUT2D eigenvalue weighted by atomic mass is 9.90. The molecule has 154 valence electrons. The molecule has 0 saturated heterocycles. The molecule has 0 N–H and O–H groups in total. The summed E-state index contributed by atoms with van der Waals surface area (Å²) >= 11 is 0. The molecule has 0 aromatic rings. The van der Waals surface area contributed by atoms with E-state index in [1.165, 1.54) is 70.9 Å². The van der Waals surface area contributed by atoms with Gasteiger partial charge in [-0.05, 0) is 65.5 Å². The summed E-state index contributed by atoms with van der Waals surface area (Å²) in [5, 5.41) is 0. The fraction of sp³-hybridized carbons (Fsp3) is 0.909. The van der Waals surface area contributed by atoms with Gasteiger partial charge in [0.1, 0.15) is 0 Å². The molecule has 0 heterocycles. The molecule has 2 fully saturated rings. The van der Waals surface area contributed by atoms with Crippen LogP contribution in [-0.4, -0.2) is 61.2 Å². The van der Waals surface area contributed by atoms with Crippen LogP contribution < -0.4 is 0 Å². The van der Waals surface area contributed by atoms with E-state index in [9.17, 15) is 0 Å². The molecule has 2 aliphatic carbocycles. The second-order valence-corrected chi connectivity index (χ2v) is 7.38. The summed E-state index contributed by atoms with van der Waals surface area (Å²) in [5.74, 6) is 0. The lowest BCUT2D eigenvalue weighted by Crippen LogP contribution is -2.38. The van der Waals surface area contributed by atoms with Crippen molar-refractivity contribution in [2.45, 2.75) is 104 Å². The van der Waals surface area contributed by atoms with Crippen LogP contribution in [0.5, 0.6) is 0 Å². The molecule has 0 amide bonds. The van der Waals surface area contributed by atoms with Gasteiger partial charge in [0.2, 0.25) is 0 Å². The van der Waals surface area contributed by atoms with Gasteiger partial charge in [-0.15, -0.1) is 0 Å². The summed E-state index contributed by atoms with van der Waals surface area (Å²) in [6.07, 6.45) is 11.6. The molecule has 0 radical (unpaired) electrons. The van der Waals surface area contributed by atoms with Crippen molar-refractivity contribution in [3.05, 3.63) is 0 Å². The third-order valence-electron chi connectivity index (χ3n) is 5.51.